The monoisotopic (exact) mass is 423 g/mol. The summed E-state index contributed by atoms with van der Waals surface area (Å²) in [6.45, 7) is 6.22. The van der Waals surface area contributed by atoms with Crippen molar-refractivity contribution < 1.29 is 4.79 Å². The normalized spacial score (nSPS) is 14.0. The molecule has 1 aliphatic heterocycles. The molecule has 0 radical (unpaired) electrons. The highest BCUT2D eigenvalue weighted by molar-refractivity contribution is 6.33. The number of piperidine rings is 1. The van der Waals surface area contributed by atoms with Gasteiger partial charge in [-0.3, -0.25) is 4.79 Å². The summed E-state index contributed by atoms with van der Waals surface area (Å²) in [6, 6.07) is 11.8. The van der Waals surface area contributed by atoms with Crippen molar-refractivity contribution in [2.45, 2.75) is 39.7 Å². The molecule has 1 aliphatic rings. The molecule has 2 aromatic heterocycles. The number of benzene rings is 1. The number of hydrogen-bond donors (Lipinski definition) is 1. The fourth-order valence-corrected chi connectivity index (χ4v) is 4.12. The lowest BCUT2D eigenvalue weighted by molar-refractivity contribution is 0.0724. The number of halogens is 1. The lowest BCUT2D eigenvalue weighted by atomic mass is 10.1. The van der Waals surface area contributed by atoms with Crippen molar-refractivity contribution in [1.82, 2.24) is 19.7 Å². The van der Waals surface area contributed by atoms with E-state index in [9.17, 15) is 4.79 Å². The Bertz CT molecular complexity index is 1040. The Hall–Kier alpha value is -2.86. The molecule has 30 heavy (non-hydrogen) atoms. The number of aryl methyl sites for hydroxylation is 1. The fraction of sp³-hybridized carbons (Fsp3) is 0.348. The van der Waals surface area contributed by atoms with E-state index in [1.165, 1.54) is 6.42 Å². The van der Waals surface area contributed by atoms with E-state index in [1.807, 2.05) is 46.8 Å². The zero-order valence-electron chi connectivity index (χ0n) is 17.4. The highest BCUT2D eigenvalue weighted by Crippen LogP contribution is 2.24. The molecule has 3 aromatic rings. The van der Waals surface area contributed by atoms with Crippen molar-refractivity contribution in [2.24, 2.45) is 0 Å². The van der Waals surface area contributed by atoms with E-state index in [4.69, 9.17) is 11.6 Å². The van der Waals surface area contributed by atoms with Crippen LogP contribution in [0, 0.1) is 13.8 Å². The van der Waals surface area contributed by atoms with Crippen LogP contribution in [0.4, 0.5) is 5.82 Å². The van der Waals surface area contributed by atoms with Gasteiger partial charge in [-0.2, -0.15) is 5.10 Å². The number of para-hydroxylation sites is 1. The quantitative estimate of drug-likeness (QED) is 0.641. The summed E-state index contributed by atoms with van der Waals surface area (Å²) in [6.07, 6.45) is 4.91. The number of aromatic nitrogens is 3. The topological polar surface area (TPSA) is 63.1 Å². The summed E-state index contributed by atoms with van der Waals surface area (Å²) in [4.78, 5) is 19.0. The van der Waals surface area contributed by atoms with Crippen molar-refractivity contribution in [3.8, 4) is 5.69 Å². The van der Waals surface area contributed by atoms with Crippen molar-refractivity contribution in [3.05, 3.63) is 70.1 Å². The molecule has 0 aliphatic carbocycles. The highest BCUT2D eigenvalue weighted by atomic mass is 35.5. The van der Waals surface area contributed by atoms with Gasteiger partial charge in [-0.15, -0.1) is 0 Å². The summed E-state index contributed by atoms with van der Waals surface area (Å²) in [5, 5.41) is 8.43. The molecular weight excluding hydrogens is 398 g/mol. The minimum absolute atomic E-state index is 0.00600. The average Bonchev–Trinajstić information content (AvgIpc) is 3.07. The summed E-state index contributed by atoms with van der Waals surface area (Å²) in [5.74, 6) is 0.574. The highest BCUT2D eigenvalue weighted by Gasteiger charge is 2.20. The van der Waals surface area contributed by atoms with Gasteiger partial charge >= 0.3 is 0 Å². The number of rotatable bonds is 5. The van der Waals surface area contributed by atoms with Crippen LogP contribution in [0.2, 0.25) is 5.02 Å². The zero-order valence-corrected chi connectivity index (χ0v) is 18.1. The number of hydrogen-bond acceptors (Lipinski definition) is 4. The average molecular weight is 424 g/mol. The minimum Gasteiger partial charge on any atom is -0.365 e. The molecule has 4 rings (SSSR count). The van der Waals surface area contributed by atoms with Gasteiger partial charge in [0.2, 0.25) is 0 Å². The Morgan fingerprint density at radius 3 is 2.57 bits per heavy atom. The lowest BCUT2D eigenvalue weighted by Crippen LogP contribution is -2.35. The molecule has 0 atom stereocenters. The van der Waals surface area contributed by atoms with Gasteiger partial charge < -0.3 is 10.2 Å². The Morgan fingerprint density at radius 1 is 1.13 bits per heavy atom. The van der Waals surface area contributed by atoms with Gasteiger partial charge in [0.05, 0.1) is 22.0 Å². The van der Waals surface area contributed by atoms with E-state index < -0.39 is 0 Å². The van der Waals surface area contributed by atoms with Crippen LogP contribution in [0.25, 0.3) is 5.69 Å². The molecule has 1 fully saturated rings. The second kappa shape index (κ2) is 8.88. The number of likely N-dealkylation sites (tertiary alicyclic amines) is 1. The molecule has 0 spiro atoms. The number of nitrogens with zero attached hydrogens (tertiary/aromatic N) is 4. The number of carbonyl (C=O) groups excluding carboxylic acids is 1. The molecule has 1 aromatic carbocycles. The maximum Gasteiger partial charge on any atom is 0.255 e. The predicted octanol–water partition coefficient (Wildman–Crippen LogP) is 4.78. The first kappa shape index (κ1) is 20.4. The molecule has 1 amide bonds. The summed E-state index contributed by atoms with van der Waals surface area (Å²) >= 11 is 6.44. The maximum absolute atomic E-state index is 12.7. The summed E-state index contributed by atoms with van der Waals surface area (Å²) in [5.41, 5.74) is 4.69. The molecule has 156 valence electrons. The van der Waals surface area contributed by atoms with Gasteiger partial charge in [0, 0.05) is 37.1 Å². The zero-order chi connectivity index (χ0) is 21.1. The molecule has 0 unspecified atom stereocenters. The van der Waals surface area contributed by atoms with Crippen LogP contribution >= 0.6 is 11.6 Å². The van der Waals surface area contributed by atoms with Gasteiger partial charge in [0.15, 0.2) is 0 Å². The van der Waals surface area contributed by atoms with Crippen LogP contribution in [-0.4, -0.2) is 38.7 Å². The SMILES string of the molecule is Cc1nn(-c2ccccc2)c(C)c1CNc1ncc(C(=O)N2CCCCC2)cc1Cl. The molecule has 1 saturated heterocycles. The lowest BCUT2D eigenvalue weighted by Gasteiger charge is -2.26. The third-order valence-corrected chi connectivity index (χ3v) is 5.89. The predicted molar refractivity (Wildman–Crippen MR) is 119 cm³/mol. The molecule has 7 heteroatoms. The number of anilines is 1. The Labute approximate surface area is 181 Å². The van der Waals surface area contributed by atoms with Crippen LogP contribution < -0.4 is 5.32 Å². The first-order valence-corrected chi connectivity index (χ1v) is 10.7. The number of nitrogens with one attached hydrogen (secondary N) is 1. The standard InChI is InChI=1S/C23H26ClN5O/c1-16-20(17(2)29(27-16)19-9-5-3-6-10-19)15-26-22-21(24)13-18(14-25-22)23(30)28-11-7-4-8-12-28/h3,5-6,9-10,13-14H,4,7-8,11-12,15H2,1-2H3,(H,25,26). The van der Waals surface area contributed by atoms with Crippen molar-refractivity contribution >= 4 is 23.3 Å². The van der Waals surface area contributed by atoms with E-state index >= 15 is 0 Å². The van der Waals surface area contributed by atoms with Crippen LogP contribution in [0.1, 0.15) is 46.6 Å². The van der Waals surface area contributed by atoms with Crippen LogP contribution in [0.5, 0.6) is 0 Å². The Kier molecular flexibility index (Phi) is 6.04. The maximum atomic E-state index is 12.7. The molecule has 1 N–H and O–H groups in total. The second-order valence-electron chi connectivity index (χ2n) is 7.66. The smallest absolute Gasteiger partial charge is 0.255 e. The molecule has 6 nitrogen and oxygen atoms in total. The second-order valence-corrected chi connectivity index (χ2v) is 8.06. The van der Waals surface area contributed by atoms with Crippen LogP contribution in [-0.2, 0) is 6.54 Å². The van der Waals surface area contributed by atoms with E-state index in [1.54, 1.807) is 12.3 Å². The van der Waals surface area contributed by atoms with Gasteiger partial charge in [-0.1, -0.05) is 29.8 Å². The van der Waals surface area contributed by atoms with E-state index in [0.29, 0.717) is 22.9 Å². The Balaban J connectivity index is 1.48. The first-order valence-electron chi connectivity index (χ1n) is 10.3. The van der Waals surface area contributed by atoms with E-state index in [2.05, 4.69) is 22.3 Å². The van der Waals surface area contributed by atoms with Gasteiger partial charge in [0.25, 0.3) is 5.91 Å². The van der Waals surface area contributed by atoms with Crippen molar-refractivity contribution in [1.29, 1.82) is 0 Å². The van der Waals surface area contributed by atoms with Crippen molar-refractivity contribution in [2.75, 3.05) is 18.4 Å². The first-order chi connectivity index (χ1) is 14.5. The Morgan fingerprint density at radius 2 is 1.87 bits per heavy atom. The summed E-state index contributed by atoms with van der Waals surface area (Å²) in [7, 11) is 0. The van der Waals surface area contributed by atoms with Gasteiger partial charge in [0.1, 0.15) is 5.82 Å². The number of carbonyl (C=O) groups is 1. The minimum atomic E-state index is 0.00600. The van der Waals surface area contributed by atoms with Crippen molar-refractivity contribution in [3.63, 3.8) is 0 Å². The third kappa shape index (κ3) is 4.19. The molecule has 0 bridgehead atoms. The van der Waals surface area contributed by atoms with E-state index in [-0.39, 0.29) is 5.91 Å². The fourth-order valence-electron chi connectivity index (χ4n) is 3.89. The summed E-state index contributed by atoms with van der Waals surface area (Å²) < 4.78 is 1.95. The van der Waals surface area contributed by atoms with Gasteiger partial charge in [-0.05, 0) is 51.3 Å². The molecular formula is C23H26ClN5O. The molecule has 0 saturated carbocycles. The third-order valence-electron chi connectivity index (χ3n) is 5.61. The van der Waals surface area contributed by atoms with Crippen LogP contribution in [0.15, 0.2) is 42.6 Å². The number of pyridine rings is 1. The number of amides is 1. The van der Waals surface area contributed by atoms with Crippen LogP contribution in [0.3, 0.4) is 0 Å². The molecule has 3 heterocycles. The van der Waals surface area contributed by atoms with Gasteiger partial charge in [-0.25, -0.2) is 9.67 Å². The van der Waals surface area contributed by atoms with E-state index in [0.717, 1.165) is 48.6 Å². The largest absolute Gasteiger partial charge is 0.365 e.